The van der Waals surface area contributed by atoms with Crippen molar-refractivity contribution in [2.24, 2.45) is 0 Å². The van der Waals surface area contributed by atoms with Crippen molar-refractivity contribution in [2.45, 2.75) is 64.0 Å². The highest BCUT2D eigenvalue weighted by molar-refractivity contribution is 6.30. The maximum absolute atomic E-state index is 14.0. The lowest BCUT2D eigenvalue weighted by Crippen LogP contribution is -2.37. The van der Waals surface area contributed by atoms with E-state index >= 15 is 0 Å². The third-order valence-corrected chi connectivity index (χ3v) is 8.06. The number of carbonyl (C=O) groups excluding carboxylic acids is 1. The molecule has 1 fully saturated rings. The van der Waals surface area contributed by atoms with Crippen molar-refractivity contribution in [3.05, 3.63) is 71.0 Å². The zero-order chi connectivity index (χ0) is 24.6. The van der Waals surface area contributed by atoms with Crippen molar-refractivity contribution in [3.63, 3.8) is 0 Å². The Morgan fingerprint density at radius 1 is 0.944 bits per heavy atom. The Bertz CT molecular complexity index is 1390. The maximum atomic E-state index is 14.0. The second-order valence-corrected chi connectivity index (χ2v) is 10.5. The molecule has 6 rings (SSSR count). The topological polar surface area (TPSA) is 47.7 Å². The molecule has 1 aliphatic heterocycles. The van der Waals surface area contributed by atoms with Gasteiger partial charge in [-0.2, -0.15) is 0 Å². The largest absolute Gasteiger partial charge is 0.497 e. The van der Waals surface area contributed by atoms with Crippen LogP contribution in [0, 0.1) is 0 Å². The monoisotopic (exact) mass is 501 g/mol. The minimum atomic E-state index is 0.0205. The summed E-state index contributed by atoms with van der Waals surface area (Å²) in [4.78, 5) is 14.0. The van der Waals surface area contributed by atoms with Gasteiger partial charge in [0.15, 0.2) is 0 Å². The molecule has 1 amide bonds. The Morgan fingerprint density at radius 2 is 1.67 bits per heavy atom. The van der Waals surface area contributed by atoms with Crippen LogP contribution in [0.4, 0.5) is 0 Å². The van der Waals surface area contributed by atoms with Gasteiger partial charge < -0.3 is 14.6 Å². The first kappa shape index (κ1) is 23.2. The number of aryl methyl sites for hydroxylation is 2. The maximum Gasteiger partial charge on any atom is 0.269 e. The van der Waals surface area contributed by atoms with E-state index in [0.717, 1.165) is 78.1 Å². The zero-order valence-electron chi connectivity index (χ0n) is 20.7. The number of methoxy groups -OCH3 is 1. The molecular formula is C30H32ClN3O2. The van der Waals surface area contributed by atoms with Gasteiger partial charge in [-0.05, 0) is 79.6 Å². The fraction of sp³-hybridized carbons (Fsp3) is 0.367. The molecule has 2 aromatic heterocycles. The van der Waals surface area contributed by atoms with Gasteiger partial charge in [0.2, 0.25) is 0 Å². The van der Waals surface area contributed by atoms with E-state index in [0.29, 0.717) is 5.02 Å². The number of hydrogen-bond acceptors (Lipinski definition) is 2. The van der Waals surface area contributed by atoms with Crippen LogP contribution in [0.3, 0.4) is 0 Å². The normalized spacial score (nSPS) is 16.2. The van der Waals surface area contributed by atoms with Crippen LogP contribution < -0.4 is 10.1 Å². The summed E-state index contributed by atoms with van der Waals surface area (Å²) >= 11 is 6.24. The number of hydrogen-bond donors (Lipinski definition) is 1. The Labute approximate surface area is 217 Å². The van der Waals surface area contributed by atoms with E-state index in [2.05, 4.69) is 32.6 Å². The van der Waals surface area contributed by atoms with Gasteiger partial charge in [0.25, 0.3) is 5.91 Å². The zero-order valence-corrected chi connectivity index (χ0v) is 21.5. The second-order valence-electron chi connectivity index (χ2n) is 10.1. The molecule has 2 aromatic carbocycles. The highest BCUT2D eigenvalue weighted by Gasteiger charge is 2.30. The van der Waals surface area contributed by atoms with Crippen LogP contribution in [0.1, 0.15) is 61.0 Å². The summed E-state index contributed by atoms with van der Waals surface area (Å²) in [5.41, 5.74) is 7.48. The lowest BCUT2D eigenvalue weighted by Gasteiger charge is -2.23. The van der Waals surface area contributed by atoms with E-state index in [-0.39, 0.29) is 11.9 Å². The third kappa shape index (κ3) is 4.09. The van der Waals surface area contributed by atoms with Gasteiger partial charge in [-0.25, -0.2) is 0 Å². The summed E-state index contributed by atoms with van der Waals surface area (Å²) < 4.78 is 9.94. The van der Waals surface area contributed by atoms with Crippen molar-refractivity contribution in [1.82, 2.24) is 14.3 Å². The molecule has 6 heteroatoms. The summed E-state index contributed by atoms with van der Waals surface area (Å²) in [5, 5.41) is 4.10. The van der Waals surface area contributed by atoms with Gasteiger partial charge in [-0.1, -0.05) is 43.0 Å². The average Bonchev–Trinajstić information content (AvgIpc) is 3.32. The quantitative estimate of drug-likeness (QED) is 0.316. The molecule has 1 saturated carbocycles. The molecule has 0 spiro atoms. The van der Waals surface area contributed by atoms with E-state index in [1.165, 1.54) is 24.8 Å². The first-order chi connectivity index (χ1) is 17.6. The van der Waals surface area contributed by atoms with E-state index in [1.807, 2.05) is 36.4 Å². The molecule has 186 valence electrons. The Kier molecular flexibility index (Phi) is 6.26. The van der Waals surface area contributed by atoms with Gasteiger partial charge >= 0.3 is 0 Å². The minimum Gasteiger partial charge on any atom is -0.497 e. The lowest BCUT2D eigenvalue weighted by atomic mass is 9.94. The Balaban J connectivity index is 1.55. The summed E-state index contributed by atoms with van der Waals surface area (Å²) in [6, 6.07) is 16.4. The highest BCUT2D eigenvalue weighted by Crippen LogP contribution is 2.40. The standard InChI is InChI=1S/C30H32ClN3O2/c1-36-24-16-12-20(13-17-24)26-19-34-28(29(35)32-23-7-3-2-4-8-23)27(21-10-14-22(31)15-11-21)25-9-5-6-18-33(26)30(25)34/h10-17,19,23H,2-9,18H2,1H3,(H,32,35). The first-order valence-corrected chi connectivity index (χ1v) is 13.5. The smallest absolute Gasteiger partial charge is 0.269 e. The molecule has 1 N–H and O–H groups in total. The third-order valence-electron chi connectivity index (χ3n) is 7.81. The van der Waals surface area contributed by atoms with Gasteiger partial charge in [0, 0.05) is 34.9 Å². The molecule has 0 unspecified atom stereocenters. The van der Waals surface area contributed by atoms with Crippen molar-refractivity contribution in [3.8, 4) is 28.1 Å². The number of benzene rings is 2. The SMILES string of the molecule is COc1ccc(-c2cn3c(C(=O)NC4CCCCC4)c(-c4ccc(Cl)cc4)c4c3n2CCCC4)cc1. The number of amides is 1. The molecule has 36 heavy (non-hydrogen) atoms. The number of nitrogens with zero attached hydrogens (tertiary/aromatic N) is 2. The van der Waals surface area contributed by atoms with Crippen LogP contribution >= 0.6 is 11.6 Å². The molecule has 0 bridgehead atoms. The van der Waals surface area contributed by atoms with Crippen LogP contribution in [0.25, 0.3) is 28.0 Å². The van der Waals surface area contributed by atoms with Crippen molar-refractivity contribution in [1.29, 1.82) is 0 Å². The predicted octanol–water partition coefficient (Wildman–Crippen LogP) is 7.14. The molecule has 5 nitrogen and oxygen atoms in total. The number of nitrogens with one attached hydrogen (secondary N) is 1. The van der Waals surface area contributed by atoms with E-state index < -0.39 is 0 Å². The summed E-state index contributed by atoms with van der Waals surface area (Å²) in [7, 11) is 1.69. The molecule has 2 aliphatic rings. The lowest BCUT2D eigenvalue weighted by molar-refractivity contribution is 0.0922. The van der Waals surface area contributed by atoms with Crippen LogP contribution in [-0.4, -0.2) is 28.0 Å². The molecular weight excluding hydrogens is 470 g/mol. The number of imidazole rings is 1. The van der Waals surface area contributed by atoms with E-state index in [4.69, 9.17) is 16.3 Å². The molecule has 0 saturated heterocycles. The van der Waals surface area contributed by atoms with E-state index in [9.17, 15) is 4.79 Å². The number of aromatic nitrogens is 2. The number of carbonyl (C=O) groups is 1. The highest BCUT2D eigenvalue weighted by atomic mass is 35.5. The number of rotatable bonds is 5. The van der Waals surface area contributed by atoms with Crippen LogP contribution in [0.5, 0.6) is 5.75 Å². The second kappa shape index (κ2) is 9.70. The van der Waals surface area contributed by atoms with Gasteiger partial charge in [-0.15, -0.1) is 0 Å². The number of ether oxygens (including phenoxy) is 1. The molecule has 0 atom stereocenters. The first-order valence-electron chi connectivity index (χ1n) is 13.1. The minimum absolute atomic E-state index is 0.0205. The van der Waals surface area contributed by atoms with Crippen LogP contribution in [0.2, 0.25) is 5.02 Å². The van der Waals surface area contributed by atoms with Crippen molar-refractivity contribution < 1.29 is 9.53 Å². The molecule has 3 heterocycles. The summed E-state index contributed by atoms with van der Waals surface area (Å²) in [5.74, 6) is 0.859. The van der Waals surface area contributed by atoms with E-state index in [1.54, 1.807) is 7.11 Å². The summed E-state index contributed by atoms with van der Waals surface area (Å²) in [6.07, 6.45) is 11.0. The average molecular weight is 502 g/mol. The van der Waals surface area contributed by atoms with Crippen LogP contribution in [-0.2, 0) is 13.0 Å². The molecule has 4 aromatic rings. The van der Waals surface area contributed by atoms with Gasteiger partial charge in [0.1, 0.15) is 17.1 Å². The predicted molar refractivity (Wildman–Crippen MR) is 145 cm³/mol. The van der Waals surface area contributed by atoms with Gasteiger partial charge in [0.05, 0.1) is 12.8 Å². The fourth-order valence-corrected chi connectivity index (χ4v) is 6.16. The van der Waals surface area contributed by atoms with Gasteiger partial charge in [-0.3, -0.25) is 9.20 Å². The number of halogens is 1. The van der Waals surface area contributed by atoms with Crippen molar-refractivity contribution in [2.75, 3.05) is 7.11 Å². The van der Waals surface area contributed by atoms with Crippen LogP contribution in [0.15, 0.2) is 54.7 Å². The fourth-order valence-electron chi connectivity index (χ4n) is 6.03. The summed E-state index contributed by atoms with van der Waals surface area (Å²) in [6.45, 7) is 0.929. The Hall–Kier alpha value is -3.18. The molecule has 0 radical (unpaired) electrons. The Morgan fingerprint density at radius 3 is 2.39 bits per heavy atom. The molecule has 1 aliphatic carbocycles. The van der Waals surface area contributed by atoms with Crippen molar-refractivity contribution >= 4 is 23.2 Å².